The lowest BCUT2D eigenvalue weighted by Crippen LogP contribution is -2.00. The lowest BCUT2D eigenvalue weighted by molar-refractivity contribution is 0.541. The SMILES string of the molecule is CCCCCCCCC[C](C)C(C)C. The van der Waals surface area contributed by atoms with Gasteiger partial charge in [0.15, 0.2) is 0 Å². The second-order valence-electron chi connectivity index (χ2n) is 4.87. The molecule has 0 fully saturated rings. The van der Waals surface area contributed by atoms with Gasteiger partial charge in [-0.3, -0.25) is 0 Å². The molecule has 0 rings (SSSR count). The summed E-state index contributed by atoms with van der Waals surface area (Å²) in [5.41, 5.74) is 0. The predicted molar refractivity (Wildman–Crippen MR) is 66.4 cm³/mol. The van der Waals surface area contributed by atoms with E-state index in [1.54, 1.807) is 5.92 Å². The van der Waals surface area contributed by atoms with Crippen molar-refractivity contribution in [3.05, 3.63) is 5.92 Å². The summed E-state index contributed by atoms with van der Waals surface area (Å²) in [7, 11) is 0. The van der Waals surface area contributed by atoms with Crippen molar-refractivity contribution in [2.45, 2.75) is 79.1 Å². The summed E-state index contributed by atoms with van der Waals surface area (Å²) in [6.07, 6.45) is 11.3. The smallest absolute Gasteiger partial charge is 0.0246 e. The molecule has 0 heteroatoms. The summed E-state index contributed by atoms with van der Waals surface area (Å²) in [6, 6.07) is 0. The van der Waals surface area contributed by atoms with Gasteiger partial charge in [-0.15, -0.1) is 0 Å². The second kappa shape index (κ2) is 9.55. The third kappa shape index (κ3) is 8.59. The molecule has 0 aromatic rings. The highest BCUT2D eigenvalue weighted by molar-refractivity contribution is 4.86. The Bertz CT molecular complexity index is 105. The van der Waals surface area contributed by atoms with Crippen LogP contribution < -0.4 is 0 Å². The Hall–Kier alpha value is 0. The molecule has 0 saturated carbocycles. The van der Waals surface area contributed by atoms with Crippen LogP contribution in [-0.4, -0.2) is 0 Å². The molecule has 0 aliphatic rings. The summed E-state index contributed by atoms with van der Waals surface area (Å²) in [4.78, 5) is 0. The van der Waals surface area contributed by atoms with Crippen LogP contribution in [-0.2, 0) is 0 Å². The van der Waals surface area contributed by atoms with Crippen molar-refractivity contribution in [1.82, 2.24) is 0 Å². The maximum Gasteiger partial charge on any atom is -0.0246 e. The maximum absolute atomic E-state index is 2.31. The Morgan fingerprint density at radius 2 is 1.36 bits per heavy atom. The summed E-state index contributed by atoms with van der Waals surface area (Å²) >= 11 is 0. The number of rotatable bonds is 9. The van der Waals surface area contributed by atoms with E-state index in [2.05, 4.69) is 27.7 Å². The van der Waals surface area contributed by atoms with E-state index in [4.69, 9.17) is 0 Å². The van der Waals surface area contributed by atoms with Crippen molar-refractivity contribution in [1.29, 1.82) is 0 Å². The van der Waals surface area contributed by atoms with E-state index < -0.39 is 0 Å². The largest absolute Gasteiger partial charge is 0.0654 e. The zero-order chi connectivity index (χ0) is 10.8. The molecule has 0 saturated heterocycles. The summed E-state index contributed by atoms with van der Waals surface area (Å²) in [6.45, 7) is 9.19. The molecule has 1 radical (unpaired) electrons. The Morgan fingerprint density at radius 1 is 0.857 bits per heavy atom. The van der Waals surface area contributed by atoms with Crippen LogP contribution in [0.5, 0.6) is 0 Å². The first-order chi connectivity index (χ1) is 6.68. The highest BCUT2D eigenvalue weighted by Gasteiger charge is 2.06. The van der Waals surface area contributed by atoms with E-state index in [1.807, 2.05) is 0 Å². The van der Waals surface area contributed by atoms with E-state index in [9.17, 15) is 0 Å². The topological polar surface area (TPSA) is 0 Å². The molecular weight excluding hydrogens is 168 g/mol. The summed E-state index contributed by atoms with van der Waals surface area (Å²) < 4.78 is 0. The molecule has 0 spiro atoms. The third-order valence-electron chi connectivity index (χ3n) is 3.16. The number of unbranched alkanes of at least 4 members (excludes halogenated alkanes) is 6. The minimum absolute atomic E-state index is 0.787. The predicted octanol–water partition coefficient (Wildman–Crippen LogP) is 5.38. The van der Waals surface area contributed by atoms with Crippen LogP contribution >= 0.6 is 0 Å². The average Bonchev–Trinajstić information content (AvgIpc) is 2.16. The number of hydrogen-bond donors (Lipinski definition) is 0. The van der Waals surface area contributed by atoms with Crippen molar-refractivity contribution in [2.24, 2.45) is 5.92 Å². The standard InChI is InChI=1S/C14H29/c1-5-6-7-8-9-10-11-12-14(4)13(2)3/h13H,5-12H2,1-4H3. The molecule has 0 heterocycles. The van der Waals surface area contributed by atoms with Crippen LogP contribution in [0, 0.1) is 11.8 Å². The molecule has 14 heavy (non-hydrogen) atoms. The number of hydrogen-bond acceptors (Lipinski definition) is 0. The zero-order valence-corrected chi connectivity index (χ0v) is 10.7. The monoisotopic (exact) mass is 197 g/mol. The minimum atomic E-state index is 0.787. The van der Waals surface area contributed by atoms with Crippen LogP contribution in [0.1, 0.15) is 79.1 Å². The molecule has 0 nitrogen and oxygen atoms in total. The molecule has 85 valence electrons. The normalized spacial score (nSPS) is 11.6. The fourth-order valence-electron chi connectivity index (χ4n) is 1.65. The Balaban J connectivity index is 3.06. The summed E-state index contributed by atoms with van der Waals surface area (Å²) in [5, 5.41) is 0. The van der Waals surface area contributed by atoms with Gasteiger partial charge in [-0.05, 0) is 18.3 Å². The van der Waals surface area contributed by atoms with Crippen molar-refractivity contribution in [3.8, 4) is 0 Å². The van der Waals surface area contributed by atoms with Crippen molar-refractivity contribution >= 4 is 0 Å². The van der Waals surface area contributed by atoms with Crippen LogP contribution in [0.15, 0.2) is 0 Å². The van der Waals surface area contributed by atoms with Gasteiger partial charge in [0, 0.05) is 0 Å². The van der Waals surface area contributed by atoms with Gasteiger partial charge < -0.3 is 0 Å². The molecule has 0 aromatic carbocycles. The van der Waals surface area contributed by atoms with E-state index in [1.165, 1.54) is 51.4 Å². The molecule has 0 aromatic heterocycles. The molecule has 0 unspecified atom stereocenters. The molecular formula is C14H29. The highest BCUT2D eigenvalue weighted by Crippen LogP contribution is 2.20. The first kappa shape index (κ1) is 14.0. The van der Waals surface area contributed by atoms with E-state index in [0.717, 1.165) is 5.92 Å². The van der Waals surface area contributed by atoms with Gasteiger partial charge in [0.2, 0.25) is 0 Å². The Kier molecular flexibility index (Phi) is 9.55. The van der Waals surface area contributed by atoms with E-state index in [0.29, 0.717) is 0 Å². The van der Waals surface area contributed by atoms with Crippen molar-refractivity contribution < 1.29 is 0 Å². The lowest BCUT2D eigenvalue weighted by atomic mass is 9.92. The average molecular weight is 197 g/mol. The molecule has 0 aliphatic carbocycles. The molecule has 0 aliphatic heterocycles. The quantitative estimate of drug-likeness (QED) is 0.435. The highest BCUT2D eigenvalue weighted by atomic mass is 14.1. The van der Waals surface area contributed by atoms with Gasteiger partial charge in [0.05, 0.1) is 0 Å². The van der Waals surface area contributed by atoms with E-state index >= 15 is 0 Å². The van der Waals surface area contributed by atoms with Gasteiger partial charge in [-0.25, -0.2) is 0 Å². The van der Waals surface area contributed by atoms with E-state index in [-0.39, 0.29) is 0 Å². The van der Waals surface area contributed by atoms with Crippen LogP contribution in [0.3, 0.4) is 0 Å². The fourth-order valence-corrected chi connectivity index (χ4v) is 1.65. The fraction of sp³-hybridized carbons (Fsp3) is 0.929. The van der Waals surface area contributed by atoms with Gasteiger partial charge in [0.25, 0.3) is 0 Å². The molecule has 0 N–H and O–H groups in total. The van der Waals surface area contributed by atoms with Gasteiger partial charge >= 0.3 is 0 Å². The first-order valence-electron chi connectivity index (χ1n) is 6.50. The molecule has 0 amide bonds. The Labute approximate surface area is 91.5 Å². The summed E-state index contributed by atoms with van der Waals surface area (Å²) in [5.74, 6) is 2.47. The lowest BCUT2D eigenvalue weighted by Gasteiger charge is -2.13. The maximum atomic E-state index is 2.31. The minimum Gasteiger partial charge on any atom is -0.0654 e. The van der Waals surface area contributed by atoms with Gasteiger partial charge in [0.1, 0.15) is 0 Å². The van der Waals surface area contributed by atoms with Gasteiger partial charge in [-0.2, -0.15) is 0 Å². The molecule has 0 atom stereocenters. The van der Waals surface area contributed by atoms with Crippen LogP contribution in [0.25, 0.3) is 0 Å². The van der Waals surface area contributed by atoms with Crippen LogP contribution in [0.4, 0.5) is 0 Å². The Morgan fingerprint density at radius 3 is 1.86 bits per heavy atom. The van der Waals surface area contributed by atoms with Gasteiger partial charge in [-0.1, -0.05) is 72.6 Å². The zero-order valence-electron chi connectivity index (χ0n) is 10.7. The van der Waals surface area contributed by atoms with Crippen LogP contribution in [0.2, 0.25) is 0 Å². The third-order valence-corrected chi connectivity index (χ3v) is 3.16. The van der Waals surface area contributed by atoms with Crippen molar-refractivity contribution in [3.63, 3.8) is 0 Å². The second-order valence-corrected chi connectivity index (χ2v) is 4.87. The van der Waals surface area contributed by atoms with Crippen molar-refractivity contribution in [2.75, 3.05) is 0 Å². The molecule has 0 bridgehead atoms. The first-order valence-corrected chi connectivity index (χ1v) is 6.50.